The molecule has 0 aliphatic carbocycles. The van der Waals surface area contributed by atoms with E-state index in [0.29, 0.717) is 27.9 Å². The zero-order valence-electron chi connectivity index (χ0n) is 14.9. The van der Waals surface area contributed by atoms with E-state index in [-0.39, 0.29) is 12.1 Å². The molecule has 10 heteroatoms. The SMILES string of the molecule is O=C(Cn1cnc2c(nnn2Cc2ccc(Cl)cc2)c1=O)Nc1ccccc1Cl. The molecule has 0 radical (unpaired) electrons. The Bertz CT molecular complexity index is 1250. The molecule has 8 nitrogen and oxygen atoms in total. The summed E-state index contributed by atoms with van der Waals surface area (Å²) in [6.45, 7) is 0.161. The van der Waals surface area contributed by atoms with Gasteiger partial charge in [-0.2, -0.15) is 0 Å². The molecule has 1 amide bonds. The molecule has 0 bridgehead atoms. The molecule has 0 unspecified atom stereocenters. The first kappa shape index (κ1) is 19.1. The summed E-state index contributed by atoms with van der Waals surface area (Å²) < 4.78 is 2.70. The van der Waals surface area contributed by atoms with Crippen molar-refractivity contribution in [2.24, 2.45) is 0 Å². The summed E-state index contributed by atoms with van der Waals surface area (Å²) in [5, 5.41) is 11.7. The van der Waals surface area contributed by atoms with Crippen molar-refractivity contribution >= 4 is 46.0 Å². The standard InChI is InChI=1S/C19H14Cl2N6O2/c20-13-7-5-12(6-8-13)9-27-18-17(24-25-27)19(29)26(11-22-18)10-16(28)23-15-4-2-1-3-14(15)21/h1-8,11H,9-10H2,(H,23,28). The Morgan fingerprint density at radius 1 is 1.07 bits per heavy atom. The number of amides is 1. The van der Waals surface area contributed by atoms with Gasteiger partial charge in [-0.3, -0.25) is 14.2 Å². The number of hydrogen-bond acceptors (Lipinski definition) is 5. The number of nitrogens with one attached hydrogen (secondary N) is 1. The minimum Gasteiger partial charge on any atom is -0.323 e. The van der Waals surface area contributed by atoms with Crippen molar-refractivity contribution < 1.29 is 4.79 Å². The predicted molar refractivity (Wildman–Crippen MR) is 110 cm³/mol. The lowest BCUT2D eigenvalue weighted by atomic mass is 10.2. The van der Waals surface area contributed by atoms with Crippen LogP contribution in [0.1, 0.15) is 5.56 Å². The van der Waals surface area contributed by atoms with Crippen LogP contribution in [0.25, 0.3) is 11.2 Å². The Hall–Kier alpha value is -3.23. The van der Waals surface area contributed by atoms with Gasteiger partial charge in [0.1, 0.15) is 12.9 Å². The molecule has 4 rings (SSSR count). The molecule has 4 aromatic rings. The third-order valence-corrected chi connectivity index (χ3v) is 4.78. The van der Waals surface area contributed by atoms with Gasteiger partial charge in [-0.1, -0.05) is 52.7 Å². The van der Waals surface area contributed by atoms with E-state index in [9.17, 15) is 9.59 Å². The van der Waals surface area contributed by atoms with Gasteiger partial charge in [-0.15, -0.1) is 5.10 Å². The lowest BCUT2D eigenvalue weighted by Gasteiger charge is -2.08. The average Bonchev–Trinajstić information content (AvgIpc) is 3.11. The first-order valence-electron chi connectivity index (χ1n) is 8.59. The van der Waals surface area contributed by atoms with Gasteiger partial charge in [0.05, 0.1) is 17.3 Å². The van der Waals surface area contributed by atoms with Crippen LogP contribution in [0.5, 0.6) is 0 Å². The third kappa shape index (κ3) is 4.13. The van der Waals surface area contributed by atoms with Gasteiger partial charge in [0, 0.05) is 5.02 Å². The van der Waals surface area contributed by atoms with E-state index in [0.717, 1.165) is 5.56 Å². The fraction of sp³-hybridized carbons (Fsp3) is 0.105. The summed E-state index contributed by atoms with van der Waals surface area (Å²) >= 11 is 11.9. The van der Waals surface area contributed by atoms with Gasteiger partial charge in [-0.05, 0) is 29.8 Å². The maximum atomic E-state index is 12.7. The lowest BCUT2D eigenvalue weighted by Crippen LogP contribution is -2.28. The summed E-state index contributed by atoms with van der Waals surface area (Å²) in [5.41, 5.74) is 1.38. The quantitative estimate of drug-likeness (QED) is 0.527. The second-order valence-corrected chi connectivity index (χ2v) is 7.10. The molecule has 0 saturated heterocycles. The van der Waals surface area contributed by atoms with E-state index < -0.39 is 11.5 Å². The Morgan fingerprint density at radius 2 is 1.83 bits per heavy atom. The first-order valence-corrected chi connectivity index (χ1v) is 9.34. The van der Waals surface area contributed by atoms with E-state index in [4.69, 9.17) is 23.2 Å². The topological polar surface area (TPSA) is 94.7 Å². The molecule has 2 heterocycles. The molecular weight excluding hydrogens is 415 g/mol. The molecular formula is C19H14Cl2N6O2. The second kappa shape index (κ2) is 8.02. The molecule has 0 fully saturated rings. The van der Waals surface area contributed by atoms with Crippen LogP contribution in [-0.2, 0) is 17.9 Å². The Balaban J connectivity index is 1.55. The van der Waals surface area contributed by atoms with Crippen LogP contribution in [0.15, 0.2) is 59.7 Å². The summed E-state index contributed by atoms with van der Waals surface area (Å²) in [4.78, 5) is 29.2. The maximum Gasteiger partial charge on any atom is 0.283 e. The zero-order valence-corrected chi connectivity index (χ0v) is 16.4. The van der Waals surface area contributed by atoms with E-state index >= 15 is 0 Å². The van der Waals surface area contributed by atoms with Gasteiger partial charge < -0.3 is 5.32 Å². The number of rotatable bonds is 5. The number of para-hydroxylation sites is 1. The minimum atomic E-state index is -0.452. The fourth-order valence-electron chi connectivity index (χ4n) is 2.78. The third-order valence-electron chi connectivity index (χ3n) is 4.20. The van der Waals surface area contributed by atoms with Crippen molar-refractivity contribution in [3.05, 3.63) is 80.8 Å². The summed E-state index contributed by atoms with van der Waals surface area (Å²) in [5.74, 6) is -0.407. The maximum absolute atomic E-state index is 12.7. The van der Waals surface area contributed by atoms with Gasteiger partial charge >= 0.3 is 0 Å². The van der Waals surface area contributed by atoms with E-state index in [2.05, 4.69) is 20.6 Å². The summed E-state index contributed by atoms with van der Waals surface area (Å²) in [7, 11) is 0. The van der Waals surface area contributed by atoms with Crippen molar-refractivity contribution in [2.45, 2.75) is 13.1 Å². The Labute approximate surface area is 174 Å². The van der Waals surface area contributed by atoms with Gasteiger partial charge in [0.2, 0.25) is 5.91 Å². The van der Waals surface area contributed by atoms with Crippen molar-refractivity contribution in [1.29, 1.82) is 0 Å². The summed E-state index contributed by atoms with van der Waals surface area (Å²) in [6.07, 6.45) is 1.30. The highest BCUT2D eigenvalue weighted by atomic mass is 35.5. The van der Waals surface area contributed by atoms with Crippen LogP contribution < -0.4 is 10.9 Å². The molecule has 0 saturated carbocycles. The highest BCUT2D eigenvalue weighted by Crippen LogP contribution is 2.20. The lowest BCUT2D eigenvalue weighted by molar-refractivity contribution is -0.116. The van der Waals surface area contributed by atoms with Gasteiger partial charge in [-0.25, -0.2) is 9.67 Å². The van der Waals surface area contributed by atoms with E-state index in [1.165, 1.54) is 15.6 Å². The largest absolute Gasteiger partial charge is 0.323 e. The molecule has 1 N–H and O–H groups in total. The Morgan fingerprint density at radius 3 is 2.59 bits per heavy atom. The van der Waals surface area contributed by atoms with Gasteiger partial charge in [0.25, 0.3) is 5.56 Å². The summed E-state index contributed by atoms with van der Waals surface area (Å²) in [6, 6.07) is 14.1. The smallest absolute Gasteiger partial charge is 0.283 e. The second-order valence-electron chi connectivity index (χ2n) is 6.25. The van der Waals surface area contributed by atoms with Crippen molar-refractivity contribution in [2.75, 3.05) is 5.32 Å². The molecule has 0 atom stereocenters. The first-order chi connectivity index (χ1) is 14.0. The molecule has 0 aliphatic heterocycles. The van der Waals surface area contributed by atoms with E-state index in [1.54, 1.807) is 36.4 Å². The van der Waals surface area contributed by atoms with Crippen molar-refractivity contribution in [1.82, 2.24) is 24.5 Å². The fourth-order valence-corrected chi connectivity index (χ4v) is 3.08. The van der Waals surface area contributed by atoms with Crippen LogP contribution in [0, 0.1) is 0 Å². The number of fused-ring (bicyclic) bond motifs is 1. The van der Waals surface area contributed by atoms with Crippen LogP contribution in [0.3, 0.4) is 0 Å². The van der Waals surface area contributed by atoms with Crippen molar-refractivity contribution in [3.8, 4) is 0 Å². The zero-order chi connectivity index (χ0) is 20.4. The number of carbonyl (C=O) groups is 1. The molecule has 29 heavy (non-hydrogen) atoms. The number of hydrogen-bond donors (Lipinski definition) is 1. The number of nitrogens with zero attached hydrogens (tertiary/aromatic N) is 5. The van der Waals surface area contributed by atoms with Crippen molar-refractivity contribution in [3.63, 3.8) is 0 Å². The average molecular weight is 429 g/mol. The van der Waals surface area contributed by atoms with Crippen LogP contribution in [-0.4, -0.2) is 30.5 Å². The molecule has 0 aliphatic rings. The molecule has 0 spiro atoms. The normalized spacial score (nSPS) is 11.0. The number of benzene rings is 2. The van der Waals surface area contributed by atoms with Gasteiger partial charge in [0.15, 0.2) is 11.2 Å². The minimum absolute atomic E-state index is 0.0898. The Kier molecular flexibility index (Phi) is 5.28. The number of halogens is 2. The molecule has 2 aromatic carbocycles. The predicted octanol–water partition coefficient (Wildman–Crippen LogP) is 2.98. The number of anilines is 1. The van der Waals surface area contributed by atoms with E-state index in [1.807, 2.05) is 12.1 Å². The number of aromatic nitrogens is 5. The number of carbonyl (C=O) groups excluding carboxylic acids is 1. The highest BCUT2D eigenvalue weighted by molar-refractivity contribution is 6.33. The monoisotopic (exact) mass is 428 g/mol. The molecule has 146 valence electrons. The van der Waals surface area contributed by atoms with Crippen LogP contribution in [0.4, 0.5) is 5.69 Å². The highest BCUT2D eigenvalue weighted by Gasteiger charge is 2.14. The van der Waals surface area contributed by atoms with Crippen LogP contribution in [0.2, 0.25) is 10.0 Å². The van der Waals surface area contributed by atoms with Crippen LogP contribution >= 0.6 is 23.2 Å². The molecule has 2 aromatic heterocycles.